The molecule has 0 radical (unpaired) electrons. The third-order valence-electron chi connectivity index (χ3n) is 4.16. The van der Waals surface area contributed by atoms with Gasteiger partial charge in [0.2, 0.25) is 5.88 Å². The minimum absolute atomic E-state index is 0.227. The second-order valence-electron chi connectivity index (χ2n) is 6.38. The van der Waals surface area contributed by atoms with E-state index in [4.69, 9.17) is 16.3 Å². The van der Waals surface area contributed by atoms with Gasteiger partial charge in [-0.05, 0) is 67.4 Å². The smallest absolute Gasteiger partial charge is 0.412 e. The third-order valence-corrected chi connectivity index (χ3v) is 4.42. The SMILES string of the molecule is COc1cc(C)ccn1.C[C@H](c1cc(F)cc(F)c1)N(C(=O)O)c1ccc(Cl)cc1. The molecule has 158 valence electrons. The van der Waals surface area contributed by atoms with Crippen LogP contribution < -0.4 is 9.64 Å². The monoisotopic (exact) mass is 434 g/mol. The molecule has 0 bridgehead atoms. The molecule has 1 atom stereocenters. The van der Waals surface area contributed by atoms with Crippen LogP contribution in [0.25, 0.3) is 0 Å². The number of nitrogens with zero attached hydrogens (tertiary/aromatic N) is 2. The first kappa shape index (κ1) is 23.1. The highest BCUT2D eigenvalue weighted by atomic mass is 35.5. The Morgan fingerprint density at radius 2 is 1.70 bits per heavy atom. The number of carboxylic acid groups (broad SMARTS) is 1. The number of benzene rings is 2. The molecule has 3 rings (SSSR count). The van der Waals surface area contributed by atoms with Crippen LogP contribution in [0.5, 0.6) is 5.88 Å². The average molecular weight is 435 g/mol. The first-order chi connectivity index (χ1) is 14.2. The maximum Gasteiger partial charge on any atom is 0.412 e. The maximum absolute atomic E-state index is 13.3. The van der Waals surface area contributed by atoms with Gasteiger partial charge in [0.1, 0.15) is 11.6 Å². The number of pyridine rings is 1. The molecule has 0 unspecified atom stereocenters. The van der Waals surface area contributed by atoms with Crippen molar-refractivity contribution < 1.29 is 23.4 Å². The summed E-state index contributed by atoms with van der Waals surface area (Å²) in [5.41, 5.74) is 1.76. The summed E-state index contributed by atoms with van der Waals surface area (Å²) in [7, 11) is 1.61. The van der Waals surface area contributed by atoms with Gasteiger partial charge in [0, 0.05) is 29.0 Å². The largest absolute Gasteiger partial charge is 0.481 e. The summed E-state index contributed by atoms with van der Waals surface area (Å²) in [5, 5.41) is 9.84. The van der Waals surface area contributed by atoms with Crippen molar-refractivity contribution in [3.63, 3.8) is 0 Å². The molecule has 1 heterocycles. The fourth-order valence-corrected chi connectivity index (χ4v) is 2.81. The van der Waals surface area contributed by atoms with E-state index < -0.39 is 23.8 Å². The Morgan fingerprint density at radius 3 is 2.17 bits per heavy atom. The van der Waals surface area contributed by atoms with Crippen molar-refractivity contribution >= 4 is 23.4 Å². The van der Waals surface area contributed by atoms with Gasteiger partial charge < -0.3 is 9.84 Å². The van der Waals surface area contributed by atoms with Gasteiger partial charge >= 0.3 is 6.09 Å². The van der Waals surface area contributed by atoms with Crippen LogP contribution in [-0.2, 0) is 0 Å². The van der Waals surface area contributed by atoms with Gasteiger partial charge in [-0.25, -0.2) is 18.6 Å². The summed E-state index contributed by atoms with van der Waals surface area (Å²) < 4.78 is 31.5. The molecule has 5 nitrogen and oxygen atoms in total. The standard InChI is InChI=1S/C15H12ClF2NO2.C7H9NO/c1-9(10-6-12(17)8-13(18)7-10)19(15(20)21)14-4-2-11(16)3-5-14;1-6-3-4-8-7(5-6)9-2/h2-9H,1H3,(H,20,21);3-5H,1-2H3/t9-;/m1./s1. The molecule has 0 saturated heterocycles. The number of methoxy groups -OCH3 is 1. The van der Waals surface area contributed by atoms with E-state index in [2.05, 4.69) is 4.98 Å². The molecule has 0 saturated carbocycles. The lowest BCUT2D eigenvalue weighted by molar-refractivity contribution is 0.199. The van der Waals surface area contributed by atoms with Crippen molar-refractivity contribution in [2.75, 3.05) is 12.0 Å². The second kappa shape index (κ2) is 10.5. The Kier molecular flexibility index (Phi) is 8.12. The third kappa shape index (κ3) is 6.42. The minimum Gasteiger partial charge on any atom is -0.481 e. The van der Waals surface area contributed by atoms with E-state index >= 15 is 0 Å². The second-order valence-corrected chi connectivity index (χ2v) is 6.82. The van der Waals surface area contributed by atoms with Gasteiger partial charge in [0.15, 0.2) is 0 Å². The van der Waals surface area contributed by atoms with Gasteiger partial charge in [0.05, 0.1) is 13.2 Å². The van der Waals surface area contributed by atoms with Crippen LogP contribution in [0.3, 0.4) is 0 Å². The molecule has 0 aliphatic heterocycles. The number of aromatic nitrogens is 1. The van der Waals surface area contributed by atoms with Crippen molar-refractivity contribution in [3.8, 4) is 5.88 Å². The zero-order chi connectivity index (χ0) is 22.3. The van der Waals surface area contributed by atoms with Crippen LogP contribution in [0, 0.1) is 18.6 Å². The number of hydrogen-bond donors (Lipinski definition) is 1. The summed E-state index contributed by atoms with van der Waals surface area (Å²) in [6.07, 6.45) is 0.503. The lowest BCUT2D eigenvalue weighted by Crippen LogP contribution is -2.32. The molecule has 3 aromatic rings. The van der Waals surface area contributed by atoms with Crippen LogP contribution in [0.1, 0.15) is 24.1 Å². The maximum atomic E-state index is 13.3. The first-order valence-corrected chi connectivity index (χ1v) is 9.29. The Morgan fingerprint density at radius 1 is 1.10 bits per heavy atom. The fourth-order valence-electron chi connectivity index (χ4n) is 2.69. The number of hydrogen-bond acceptors (Lipinski definition) is 3. The van der Waals surface area contributed by atoms with E-state index in [-0.39, 0.29) is 5.56 Å². The predicted molar refractivity (Wildman–Crippen MR) is 112 cm³/mol. The molecule has 2 aromatic carbocycles. The topological polar surface area (TPSA) is 62.7 Å². The molecular formula is C22H21ClF2N2O3. The van der Waals surface area contributed by atoms with Crippen LogP contribution in [0.4, 0.5) is 19.3 Å². The van der Waals surface area contributed by atoms with Gasteiger partial charge in [-0.3, -0.25) is 4.90 Å². The lowest BCUT2D eigenvalue weighted by atomic mass is 10.1. The number of halogens is 3. The molecule has 8 heteroatoms. The summed E-state index contributed by atoms with van der Waals surface area (Å²) in [6.45, 7) is 3.56. The van der Waals surface area contributed by atoms with E-state index in [1.807, 2.05) is 19.1 Å². The first-order valence-electron chi connectivity index (χ1n) is 8.91. The van der Waals surface area contributed by atoms with Gasteiger partial charge in [-0.1, -0.05) is 11.6 Å². The Labute approximate surface area is 178 Å². The van der Waals surface area contributed by atoms with Crippen molar-refractivity contribution in [2.24, 2.45) is 0 Å². The molecule has 1 N–H and O–H groups in total. The molecule has 1 amide bonds. The van der Waals surface area contributed by atoms with Gasteiger partial charge in [-0.15, -0.1) is 0 Å². The molecule has 30 heavy (non-hydrogen) atoms. The van der Waals surface area contributed by atoms with Gasteiger partial charge in [0.25, 0.3) is 0 Å². The van der Waals surface area contributed by atoms with E-state index in [0.29, 0.717) is 16.6 Å². The Hall–Kier alpha value is -3.19. The number of aryl methyl sites for hydroxylation is 1. The molecule has 0 aliphatic rings. The Balaban J connectivity index is 0.000000297. The summed E-state index contributed by atoms with van der Waals surface area (Å²) >= 11 is 5.77. The minimum atomic E-state index is -1.23. The molecule has 0 aliphatic carbocycles. The van der Waals surface area contributed by atoms with Crippen LogP contribution in [-0.4, -0.2) is 23.3 Å². The van der Waals surface area contributed by atoms with E-state index in [9.17, 15) is 18.7 Å². The van der Waals surface area contributed by atoms with Crippen LogP contribution in [0.2, 0.25) is 5.02 Å². The Bertz CT molecular complexity index is 980. The number of carbonyl (C=O) groups is 1. The van der Waals surface area contributed by atoms with Crippen molar-refractivity contribution in [3.05, 3.63) is 88.6 Å². The van der Waals surface area contributed by atoms with Gasteiger partial charge in [-0.2, -0.15) is 0 Å². The van der Waals surface area contributed by atoms with Crippen molar-refractivity contribution in [1.29, 1.82) is 0 Å². The summed E-state index contributed by atoms with van der Waals surface area (Å²) in [6, 6.07) is 12.2. The zero-order valence-corrected chi connectivity index (χ0v) is 17.4. The predicted octanol–water partition coefficient (Wildman–Crippen LogP) is 6.26. The van der Waals surface area contributed by atoms with Crippen molar-refractivity contribution in [1.82, 2.24) is 4.98 Å². The summed E-state index contributed by atoms with van der Waals surface area (Å²) in [4.78, 5) is 16.4. The highest BCUT2D eigenvalue weighted by Crippen LogP contribution is 2.29. The molecular weight excluding hydrogens is 414 g/mol. The molecule has 0 fully saturated rings. The molecule has 1 aromatic heterocycles. The number of rotatable bonds is 4. The quantitative estimate of drug-likeness (QED) is 0.526. The summed E-state index contributed by atoms with van der Waals surface area (Å²) in [5.74, 6) is -0.827. The number of amides is 1. The molecule has 0 spiro atoms. The number of ether oxygens (including phenoxy) is 1. The van der Waals surface area contributed by atoms with Crippen molar-refractivity contribution in [2.45, 2.75) is 19.9 Å². The number of anilines is 1. The zero-order valence-electron chi connectivity index (χ0n) is 16.6. The lowest BCUT2D eigenvalue weighted by Gasteiger charge is -2.27. The van der Waals surface area contributed by atoms with Crippen LogP contribution in [0.15, 0.2) is 60.8 Å². The highest BCUT2D eigenvalue weighted by molar-refractivity contribution is 6.30. The van der Waals surface area contributed by atoms with E-state index in [1.165, 1.54) is 17.7 Å². The van der Waals surface area contributed by atoms with Crippen LogP contribution >= 0.6 is 11.6 Å². The highest BCUT2D eigenvalue weighted by Gasteiger charge is 2.23. The van der Waals surface area contributed by atoms with E-state index in [0.717, 1.165) is 23.1 Å². The van der Waals surface area contributed by atoms with E-state index in [1.54, 1.807) is 32.4 Å². The normalized spacial score (nSPS) is 11.1. The average Bonchev–Trinajstić information content (AvgIpc) is 2.69. The fraction of sp³-hybridized carbons (Fsp3) is 0.182.